The molecular formula is C18H16O3. The largest absolute Gasteiger partial charge is 0.465 e. The number of hydrogen-bond donors (Lipinski definition) is 0. The van der Waals surface area contributed by atoms with Crippen molar-refractivity contribution in [1.82, 2.24) is 0 Å². The first-order valence-electron chi connectivity index (χ1n) is 6.76. The molecule has 0 amide bonds. The summed E-state index contributed by atoms with van der Waals surface area (Å²) >= 11 is 0. The Hall–Kier alpha value is -2.39. The Bertz CT molecular complexity index is 716. The molecule has 1 aliphatic carbocycles. The lowest BCUT2D eigenvalue weighted by atomic mass is 9.95. The average Bonchev–Trinajstić information content (AvgIpc) is 2.69. The maximum atomic E-state index is 11.7. The third-order valence-corrected chi connectivity index (χ3v) is 3.75. The molecule has 0 unspecified atom stereocenters. The van der Waals surface area contributed by atoms with Crippen molar-refractivity contribution in [2.75, 3.05) is 14.2 Å². The van der Waals surface area contributed by atoms with Crippen LogP contribution in [0.4, 0.5) is 0 Å². The Morgan fingerprint density at radius 1 is 0.952 bits per heavy atom. The molecule has 1 atom stereocenters. The lowest BCUT2D eigenvalue weighted by molar-refractivity contribution is 0.0600. The third kappa shape index (κ3) is 2.36. The number of esters is 1. The quantitative estimate of drug-likeness (QED) is 0.787. The van der Waals surface area contributed by atoms with Crippen LogP contribution < -0.4 is 0 Å². The Morgan fingerprint density at radius 3 is 2.38 bits per heavy atom. The standard InChI is InChI=1S/C18H16O3/c1-20-17-15-6-4-3-5-12(15)7-8-13-9-10-14(11-16(13)17)18(19)21-2/h3-11,17H,1-2H3/t17-/m1/s1. The smallest absolute Gasteiger partial charge is 0.337 e. The first-order chi connectivity index (χ1) is 10.2. The van der Waals surface area contributed by atoms with E-state index < -0.39 is 0 Å². The van der Waals surface area contributed by atoms with Crippen LogP contribution in [0.15, 0.2) is 42.5 Å². The van der Waals surface area contributed by atoms with Gasteiger partial charge in [0.25, 0.3) is 0 Å². The van der Waals surface area contributed by atoms with Crippen LogP contribution >= 0.6 is 0 Å². The number of ether oxygens (including phenoxy) is 2. The van der Waals surface area contributed by atoms with Gasteiger partial charge in [-0.25, -0.2) is 4.79 Å². The molecule has 0 saturated heterocycles. The van der Waals surface area contributed by atoms with Crippen LogP contribution in [0.3, 0.4) is 0 Å². The van der Waals surface area contributed by atoms with E-state index in [2.05, 4.69) is 12.1 Å². The van der Waals surface area contributed by atoms with Gasteiger partial charge in [0.05, 0.1) is 12.7 Å². The minimum atomic E-state index is -0.339. The number of carbonyl (C=O) groups is 1. The van der Waals surface area contributed by atoms with Crippen LogP contribution in [-0.2, 0) is 9.47 Å². The number of benzene rings is 2. The summed E-state index contributed by atoms with van der Waals surface area (Å²) in [6.07, 6.45) is 3.93. The van der Waals surface area contributed by atoms with Crippen LogP contribution in [0.2, 0.25) is 0 Å². The van der Waals surface area contributed by atoms with Crippen LogP contribution in [0.1, 0.15) is 38.7 Å². The molecule has 0 spiro atoms. The molecule has 21 heavy (non-hydrogen) atoms. The number of hydrogen-bond acceptors (Lipinski definition) is 3. The summed E-state index contributed by atoms with van der Waals surface area (Å²) < 4.78 is 10.5. The molecule has 0 bridgehead atoms. The second kappa shape index (κ2) is 5.54. The van der Waals surface area contributed by atoms with Crippen molar-refractivity contribution in [3.63, 3.8) is 0 Å². The van der Waals surface area contributed by atoms with Crippen LogP contribution in [0, 0.1) is 0 Å². The van der Waals surface area contributed by atoms with Gasteiger partial charge in [-0.05, 0) is 34.4 Å². The van der Waals surface area contributed by atoms with E-state index in [0.29, 0.717) is 5.56 Å². The fourth-order valence-electron chi connectivity index (χ4n) is 2.70. The van der Waals surface area contributed by atoms with Crippen molar-refractivity contribution in [2.24, 2.45) is 0 Å². The zero-order valence-electron chi connectivity index (χ0n) is 12.0. The van der Waals surface area contributed by atoms with Crippen LogP contribution in [0.25, 0.3) is 12.2 Å². The highest BCUT2D eigenvalue weighted by molar-refractivity contribution is 5.90. The Kier molecular flexibility index (Phi) is 3.59. The van der Waals surface area contributed by atoms with Gasteiger partial charge in [0.1, 0.15) is 6.10 Å². The van der Waals surface area contributed by atoms with Crippen molar-refractivity contribution < 1.29 is 14.3 Å². The van der Waals surface area contributed by atoms with E-state index in [9.17, 15) is 4.79 Å². The van der Waals surface area contributed by atoms with Crippen LogP contribution in [-0.4, -0.2) is 20.2 Å². The van der Waals surface area contributed by atoms with Gasteiger partial charge in [-0.15, -0.1) is 0 Å². The molecule has 0 saturated carbocycles. The molecule has 0 radical (unpaired) electrons. The summed E-state index contributed by atoms with van der Waals surface area (Å²) in [5, 5.41) is 0. The van der Waals surface area contributed by atoms with E-state index in [1.54, 1.807) is 13.2 Å². The van der Waals surface area contributed by atoms with Gasteiger partial charge in [-0.3, -0.25) is 0 Å². The molecule has 3 rings (SSSR count). The maximum Gasteiger partial charge on any atom is 0.337 e. The zero-order valence-corrected chi connectivity index (χ0v) is 12.0. The summed E-state index contributed by atoms with van der Waals surface area (Å²) in [5.41, 5.74) is 4.77. The number of fused-ring (bicyclic) bond motifs is 2. The molecule has 0 aliphatic heterocycles. The number of methoxy groups -OCH3 is 2. The highest BCUT2D eigenvalue weighted by Gasteiger charge is 2.22. The molecule has 0 fully saturated rings. The number of carbonyl (C=O) groups excluding carboxylic acids is 1. The van der Waals surface area contributed by atoms with Gasteiger partial charge in [0, 0.05) is 7.11 Å². The minimum absolute atomic E-state index is 0.198. The first-order valence-corrected chi connectivity index (χ1v) is 6.76. The summed E-state index contributed by atoms with van der Waals surface area (Å²) in [6.45, 7) is 0. The van der Waals surface area contributed by atoms with E-state index in [4.69, 9.17) is 9.47 Å². The van der Waals surface area contributed by atoms with Gasteiger partial charge < -0.3 is 9.47 Å². The van der Waals surface area contributed by atoms with Crippen molar-refractivity contribution in [3.8, 4) is 0 Å². The highest BCUT2D eigenvalue weighted by Crippen LogP contribution is 2.35. The molecule has 0 heterocycles. The molecule has 2 aromatic rings. The fourth-order valence-corrected chi connectivity index (χ4v) is 2.70. The molecule has 106 valence electrons. The maximum absolute atomic E-state index is 11.7. The van der Waals surface area contributed by atoms with Crippen molar-refractivity contribution >= 4 is 18.1 Å². The van der Waals surface area contributed by atoms with Crippen molar-refractivity contribution in [1.29, 1.82) is 0 Å². The lowest BCUT2D eigenvalue weighted by Gasteiger charge is -2.19. The first kappa shape index (κ1) is 13.6. The molecule has 0 aromatic heterocycles. The topological polar surface area (TPSA) is 35.5 Å². The normalized spacial score (nSPS) is 15.8. The van der Waals surface area contributed by atoms with Gasteiger partial charge in [-0.1, -0.05) is 42.5 Å². The second-order valence-corrected chi connectivity index (χ2v) is 4.91. The minimum Gasteiger partial charge on any atom is -0.465 e. The summed E-state index contributed by atoms with van der Waals surface area (Å²) in [5.74, 6) is -0.339. The van der Waals surface area contributed by atoms with Gasteiger partial charge >= 0.3 is 5.97 Å². The van der Waals surface area contributed by atoms with Crippen molar-refractivity contribution in [2.45, 2.75) is 6.10 Å². The van der Waals surface area contributed by atoms with Gasteiger partial charge in [-0.2, -0.15) is 0 Å². The average molecular weight is 280 g/mol. The summed E-state index contributed by atoms with van der Waals surface area (Å²) in [4.78, 5) is 11.7. The molecule has 1 aliphatic rings. The molecule has 3 nitrogen and oxygen atoms in total. The Balaban J connectivity index is 2.18. The van der Waals surface area contributed by atoms with E-state index >= 15 is 0 Å². The van der Waals surface area contributed by atoms with Crippen molar-refractivity contribution in [3.05, 3.63) is 70.3 Å². The Morgan fingerprint density at radius 2 is 1.67 bits per heavy atom. The predicted octanol–water partition coefficient (Wildman–Crippen LogP) is 3.69. The van der Waals surface area contributed by atoms with E-state index in [-0.39, 0.29) is 12.1 Å². The monoisotopic (exact) mass is 280 g/mol. The zero-order chi connectivity index (χ0) is 14.8. The lowest BCUT2D eigenvalue weighted by Crippen LogP contribution is -2.08. The number of rotatable bonds is 2. The summed E-state index contributed by atoms with van der Waals surface area (Å²) in [6, 6.07) is 13.7. The second-order valence-electron chi connectivity index (χ2n) is 4.91. The van der Waals surface area contributed by atoms with E-state index in [0.717, 1.165) is 22.3 Å². The van der Waals surface area contributed by atoms with E-state index in [1.165, 1.54) is 7.11 Å². The van der Waals surface area contributed by atoms with Crippen LogP contribution in [0.5, 0.6) is 0 Å². The van der Waals surface area contributed by atoms with Gasteiger partial charge in [0.2, 0.25) is 0 Å². The molecular weight excluding hydrogens is 264 g/mol. The third-order valence-electron chi connectivity index (χ3n) is 3.75. The fraction of sp³-hybridized carbons (Fsp3) is 0.167. The Labute approximate surface area is 123 Å². The SMILES string of the molecule is COC(=O)c1ccc2c(c1)[C@H](OC)c1ccccc1C=C2. The summed E-state index contributed by atoms with van der Waals surface area (Å²) in [7, 11) is 3.07. The predicted molar refractivity (Wildman–Crippen MR) is 82.0 cm³/mol. The molecule has 0 N–H and O–H groups in total. The van der Waals surface area contributed by atoms with E-state index in [1.807, 2.05) is 36.4 Å². The highest BCUT2D eigenvalue weighted by atomic mass is 16.5. The van der Waals surface area contributed by atoms with Gasteiger partial charge in [0.15, 0.2) is 0 Å². The molecule has 3 heteroatoms. The molecule has 2 aromatic carbocycles.